The van der Waals surface area contributed by atoms with Crippen LogP contribution in [0.2, 0.25) is 0 Å². The predicted octanol–water partition coefficient (Wildman–Crippen LogP) is 1.10. The summed E-state index contributed by atoms with van der Waals surface area (Å²) in [6, 6.07) is 7.22. The number of hydrogen-bond acceptors (Lipinski definition) is 4. The molecule has 6 nitrogen and oxygen atoms in total. The molecule has 0 fully saturated rings. The fourth-order valence-electron chi connectivity index (χ4n) is 1.65. The second-order valence-corrected chi connectivity index (χ2v) is 3.98. The van der Waals surface area contributed by atoms with Crippen LogP contribution in [0.1, 0.15) is 12.5 Å². The highest BCUT2D eigenvalue weighted by molar-refractivity contribution is 5.80. The monoisotopic (exact) mass is 280 g/mol. The number of nitrogens with one attached hydrogen (secondary N) is 2. The van der Waals surface area contributed by atoms with Crippen molar-refractivity contribution in [2.45, 2.75) is 13.3 Å². The lowest BCUT2D eigenvalue weighted by Gasteiger charge is -2.09. The molecule has 1 rings (SSSR count). The van der Waals surface area contributed by atoms with Gasteiger partial charge in [-0.25, -0.2) is 4.79 Å². The Bertz CT molecular complexity index is 449. The molecule has 0 bridgehead atoms. The van der Waals surface area contributed by atoms with E-state index in [4.69, 9.17) is 9.47 Å². The number of benzene rings is 1. The number of ether oxygens (including phenoxy) is 2. The molecule has 0 saturated carbocycles. The van der Waals surface area contributed by atoms with E-state index in [0.717, 1.165) is 11.3 Å². The molecular weight excluding hydrogens is 260 g/mol. The number of methoxy groups -OCH3 is 1. The predicted molar refractivity (Wildman–Crippen MR) is 74.7 cm³/mol. The third kappa shape index (κ3) is 5.60. The van der Waals surface area contributed by atoms with Gasteiger partial charge in [0.25, 0.3) is 0 Å². The van der Waals surface area contributed by atoms with Crippen molar-refractivity contribution in [3.8, 4) is 5.75 Å². The Balaban J connectivity index is 2.26. The molecule has 0 atom stereocenters. The van der Waals surface area contributed by atoms with E-state index in [1.807, 2.05) is 24.3 Å². The standard InChI is InChI=1S/C14H20N2O4/c1-3-20-13(17)10-16-14(18)15-9-8-11-6-4-5-7-12(11)19-2/h4-7H,3,8-10H2,1-2H3,(H2,15,16,18). The van der Waals surface area contributed by atoms with Gasteiger partial charge in [0.15, 0.2) is 0 Å². The van der Waals surface area contributed by atoms with Crippen LogP contribution in [0.4, 0.5) is 4.79 Å². The number of hydrogen-bond donors (Lipinski definition) is 2. The molecule has 0 saturated heterocycles. The molecule has 2 amide bonds. The quantitative estimate of drug-likeness (QED) is 0.733. The van der Waals surface area contributed by atoms with E-state index >= 15 is 0 Å². The topological polar surface area (TPSA) is 76.7 Å². The number of para-hydroxylation sites is 1. The molecule has 2 N–H and O–H groups in total. The molecule has 0 heterocycles. The van der Waals surface area contributed by atoms with Gasteiger partial charge in [0.2, 0.25) is 0 Å². The minimum atomic E-state index is -0.452. The molecule has 0 unspecified atom stereocenters. The van der Waals surface area contributed by atoms with Crippen LogP contribution < -0.4 is 15.4 Å². The molecule has 1 aromatic carbocycles. The van der Waals surface area contributed by atoms with Crippen LogP contribution in [-0.4, -0.2) is 38.8 Å². The van der Waals surface area contributed by atoms with E-state index < -0.39 is 12.0 Å². The Morgan fingerprint density at radius 2 is 1.95 bits per heavy atom. The minimum absolute atomic E-state index is 0.131. The lowest BCUT2D eigenvalue weighted by atomic mass is 10.1. The van der Waals surface area contributed by atoms with Gasteiger partial charge in [-0.1, -0.05) is 18.2 Å². The zero-order valence-electron chi connectivity index (χ0n) is 11.8. The van der Waals surface area contributed by atoms with Crippen molar-refractivity contribution in [1.82, 2.24) is 10.6 Å². The van der Waals surface area contributed by atoms with Gasteiger partial charge in [-0.2, -0.15) is 0 Å². The van der Waals surface area contributed by atoms with Crippen LogP contribution in [0, 0.1) is 0 Å². The van der Waals surface area contributed by atoms with Crippen LogP contribution in [0.15, 0.2) is 24.3 Å². The molecule has 0 radical (unpaired) electrons. The Morgan fingerprint density at radius 3 is 2.65 bits per heavy atom. The molecule has 20 heavy (non-hydrogen) atoms. The maximum Gasteiger partial charge on any atom is 0.325 e. The van der Waals surface area contributed by atoms with Crippen molar-refractivity contribution >= 4 is 12.0 Å². The smallest absolute Gasteiger partial charge is 0.325 e. The lowest BCUT2D eigenvalue weighted by Crippen LogP contribution is -2.39. The van der Waals surface area contributed by atoms with Gasteiger partial charge >= 0.3 is 12.0 Å². The highest BCUT2D eigenvalue weighted by atomic mass is 16.5. The summed E-state index contributed by atoms with van der Waals surface area (Å²) in [5.41, 5.74) is 1.01. The highest BCUT2D eigenvalue weighted by Crippen LogP contribution is 2.17. The van der Waals surface area contributed by atoms with E-state index in [1.165, 1.54) is 0 Å². The molecule has 0 spiro atoms. The minimum Gasteiger partial charge on any atom is -0.496 e. The summed E-state index contributed by atoms with van der Waals surface area (Å²) in [4.78, 5) is 22.5. The number of urea groups is 1. The third-order valence-electron chi connectivity index (χ3n) is 2.57. The van der Waals surface area contributed by atoms with Crippen molar-refractivity contribution in [2.75, 3.05) is 26.8 Å². The number of carbonyl (C=O) groups is 2. The third-order valence-corrected chi connectivity index (χ3v) is 2.57. The van der Waals surface area contributed by atoms with Crippen molar-refractivity contribution in [3.63, 3.8) is 0 Å². The Kier molecular flexibility index (Phi) is 6.95. The number of rotatable bonds is 7. The lowest BCUT2D eigenvalue weighted by molar-refractivity contribution is -0.141. The summed E-state index contributed by atoms with van der Waals surface area (Å²) in [5.74, 6) is 0.341. The van der Waals surface area contributed by atoms with Crippen LogP contribution in [0.25, 0.3) is 0 Å². The van der Waals surface area contributed by atoms with E-state index in [2.05, 4.69) is 10.6 Å². The maximum absolute atomic E-state index is 11.4. The molecule has 110 valence electrons. The second-order valence-electron chi connectivity index (χ2n) is 3.98. The fourth-order valence-corrected chi connectivity index (χ4v) is 1.65. The summed E-state index contributed by atoms with van der Waals surface area (Å²) >= 11 is 0. The van der Waals surface area contributed by atoms with Crippen LogP contribution in [-0.2, 0) is 16.0 Å². The van der Waals surface area contributed by atoms with E-state index in [-0.39, 0.29) is 6.54 Å². The number of amides is 2. The first-order valence-corrected chi connectivity index (χ1v) is 6.46. The molecule has 0 aliphatic heterocycles. The first-order valence-electron chi connectivity index (χ1n) is 6.46. The second kappa shape index (κ2) is 8.79. The molecule has 0 aliphatic rings. The molecule has 0 aliphatic carbocycles. The van der Waals surface area contributed by atoms with E-state index in [1.54, 1.807) is 14.0 Å². The van der Waals surface area contributed by atoms with Gasteiger partial charge < -0.3 is 20.1 Å². The SMILES string of the molecule is CCOC(=O)CNC(=O)NCCc1ccccc1OC. The van der Waals surface area contributed by atoms with Gasteiger partial charge in [-0.3, -0.25) is 4.79 Å². The van der Waals surface area contributed by atoms with Gasteiger partial charge in [-0.05, 0) is 25.0 Å². The Morgan fingerprint density at radius 1 is 1.20 bits per heavy atom. The van der Waals surface area contributed by atoms with E-state index in [0.29, 0.717) is 19.6 Å². The highest BCUT2D eigenvalue weighted by Gasteiger charge is 2.06. The molecule has 1 aromatic rings. The zero-order chi connectivity index (χ0) is 14.8. The van der Waals surface area contributed by atoms with Crippen LogP contribution in [0.3, 0.4) is 0 Å². The fraction of sp³-hybridized carbons (Fsp3) is 0.429. The Hall–Kier alpha value is -2.24. The summed E-state index contributed by atoms with van der Waals surface area (Å²) in [6.07, 6.45) is 0.650. The van der Waals surface area contributed by atoms with Gasteiger partial charge in [0.1, 0.15) is 12.3 Å². The molecular formula is C14H20N2O4. The average Bonchev–Trinajstić information content (AvgIpc) is 2.46. The van der Waals surface area contributed by atoms with Gasteiger partial charge in [0, 0.05) is 6.54 Å². The van der Waals surface area contributed by atoms with Crippen LogP contribution in [0.5, 0.6) is 5.75 Å². The zero-order valence-corrected chi connectivity index (χ0v) is 11.8. The number of carbonyl (C=O) groups excluding carboxylic acids is 2. The molecule has 0 aromatic heterocycles. The van der Waals surface area contributed by atoms with Gasteiger partial charge in [0.05, 0.1) is 13.7 Å². The summed E-state index contributed by atoms with van der Waals surface area (Å²) in [6.45, 7) is 2.34. The number of esters is 1. The normalized spacial score (nSPS) is 9.70. The summed E-state index contributed by atoms with van der Waals surface area (Å²) < 4.78 is 9.92. The summed E-state index contributed by atoms with van der Waals surface area (Å²) in [7, 11) is 1.61. The van der Waals surface area contributed by atoms with Crippen molar-refractivity contribution in [1.29, 1.82) is 0 Å². The van der Waals surface area contributed by atoms with Crippen LogP contribution >= 0.6 is 0 Å². The molecule has 6 heteroatoms. The van der Waals surface area contributed by atoms with Crippen molar-refractivity contribution in [2.24, 2.45) is 0 Å². The average molecular weight is 280 g/mol. The summed E-state index contributed by atoms with van der Waals surface area (Å²) in [5, 5.41) is 5.09. The largest absolute Gasteiger partial charge is 0.496 e. The maximum atomic E-state index is 11.4. The van der Waals surface area contributed by atoms with E-state index in [9.17, 15) is 9.59 Å². The first kappa shape index (κ1) is 15.8. The first-order chi connectivity index (χ1) is 9.67. The van der Waals surface area contributed by atoms with Crippen molar-refractivity contribution in [3.05, 3.63) is 29.8 Å². The Labute approximate surface area is 118 Å². The van der Waals surface area contributed by atoms with Gasteiger partial charge in [-0.15, -0.1) is 0 Å². The van der Waals surface area contributed by atoms with Crippen molar-refractivity contribution < 1.29 is 19.1 Å².